The molecule has 1 atom stereocenters. The molecule has 0 radical (unpaired) electrons. The van der Waals surface area contributed by atoms with Crippen LogP contribution in [-0.2, 0) is 14.3 Å². The molecule has 196 valence electrons. The Morgan fingerprint density at radius 1 is 0.914 bits per heavy atom. The van der Waals surface area contributed by atoms with Gasteiger partial charge in [-0.2, -0.15) is 0 Å². The molecule has 6 nitrogen and oxygen atoms in total. The van der Waals surface area contributed by atoms with Crippen LogP contribution in [0.5, 0.6) is 11.5 Å². The molecule has 0 fully saturated rings. The van der Waals surface area contributed by atoms with Gasteiger partial charge in [-0.05, 0) is 52.0 Å². The van der Waals surface area contributed by atoms with Gasteiger partial charge in [-0.3, -0.25) is 14.4 Å². The van der Waals surface area contributed by atoms with Gasteiger partial charge in [0.1, 0.15) is 11.5 Å². The Morgan fingerprint density at radius 2 is 1.46 bits per heavy atom. The zero-order valence-corrected chi connectivity index (χ0v) is 21.8. The molecule has 0 saturated heterocycles. The van der Waals surface area contributed by atoms with Crippen LogP contribution in [0.3, 0.4) is 0 Å². The van der Waals surface area contributed by atoms with E-state index in [1.165, 1.54) is 64.9 Å². The molecule has 2 N–H and O–H groups in total. The van der Waals surface area contributed by atoms with Crippen LogP contribution < -0.4 is 0 Å². The van der Waals surface area contributed by atoms with Crippen molar-refractivity contribution in [2.24, 2.45) is 0 Å². The van der Waals surface area contributed by atoms with Crippen molar-refractivity contribution >= 4 is 18.0 Å². The average Bonchev–Trinajstić information content (AvgIpc) is 2.83. The minimum Gasteiger partial charge on any atom is -0.508 e. The Balaban J connectivity index is 2.29. The van der Waals surface area contributed by atoms with Crippen LogP contribution in [0.4, 0.5) is 0 Å². The third kappa shape index (κ3) is 11.6. The third-order valence-corrected chi connectivity index (χ3v) is 6.26. The molecule has 0 spiro atoms. The zero-order valence-electron chi connectivity index (χ0n) is 21.8. The van der Waals surface area contributed by atoms with Gasteiger partial charge in [-0.25, -0.2) is 0 Å². The quantitative estimate of drug-likeness (QED) is 0.0908. The summed E-state index contributed by atoms with van der Waals surface area (Å²) >= 11 is 0. The molecule has 0 aliphatic rings. The van der Waals surface area contributed by atoms with Crippen molar-refractivity contribution in [3.05, 3.63) is 34.9 Å². The minimum absolute atomic E-state index is 0.00834. The number of ether oxygens (including phenoxy) is 1. The average molecular weight is 489 g/mol. The van der Waals surface area contributed by atoms with E-state index in [2.05, 4.69) is 19.1 Å². The summed E-state index contributed by atoms with van der Waals surface area (Å²) in [5.74, 6) is -1.73. The van der Waals surface area contributed by atoms with E-state index in [-0.39, 0.29) is 28.9 Å². The van der Waals surface area contributed by atoms with Gasteiger partial charge in [-0.1, -0.05) is 70.4 Å². The number of esters is 1. The standard InChI is InChI=1S/C29H44O6/c1-4-5-6-7-8-9-10-11-12-13-14-15-16-17-18-19-27(33)35-29(23(3)31)24-20-26(32)22(2)28(34)25(24)21-30/h11-12,20-21,29,32,34H,4-10,13-19H2,1-3H3/b12-11-. The highest BCUT2D eigenvalue weighted by Gasteiger charge is 2.27. The lowest BCUT2D eigenvalue weighted by molar-refractivity contribution is -0.155. The number of aromatic hydroxyl groups is 2. The maximum absolute atomic E-state index is 12.3. The monoisotopic (exact) mass is 488 g/mol. The van der Waals surface area contributed by atoms with Gasteiger partial charge in [0.2, 0.25) is 0 Å². The van der Waals surface area contributed by atoms with Gasteiger partial charge in [0, 0.05) is 17.5 Å². The lowest BCUT2D eigenvalue weighted by Gasteiger charge is -2.19. The lowest BCUT2D eigenvalue weighted by Crippen LogP contribution is -2.19. The number of allylic oxidation sites excluding steroid dienone is 2. The molecule has 0 aromatic heterocycles. The Bertz CT molecular complexity index is 827. The molecule has 1 unspecified atom stereocenters. The molecule has 1 rings (SSSR count). The summed E-state index contributed by atoms with van der Waals surface area (Å²) in [6.45, 7) is 4.92. The smallest absolute Gasteiger partial charge is 0.306 e. The van der Waals surface area contributed by atoms with E-state index in [1.807, 2.05) is 0 Å². The van der Waals surface area contributed by atoms with E-state index in [0.717, 1.165) is 32.1 Å². The topological polar surface area (TPSA) is 101 Å². The second-order valence-corrected chi connectivity index (χ2v) is 9.30. The number of hydrogen-bond acceptors (Lipinski definition) is 6. The highest BCUT2D eigenvalue weighted by Crippen LogP contribution is 2.36. The molecule has 6 heteroatoms. The highest BCUT2D eigenvalue weighted by molar-refractivity contribution is 5.91. The van der Waals surface area contributed by atoms with Crippen molar-refractivity contribution in [1.82, 2.24) is 0 Å². The first-order valence-corrected chi connectivity index (χ1v) is 13.2. The number of aldehydes is 1. The number of ketones is 1. The van der Waals surface area contributed by atoms with Crippen LogP contribution in [0.15, 0.2) is 18.2 Å². The molecule has 1 aromatic carbocycles. The first-order chi connectivity index (χ1) is 16.8. The van der Waals surface area contributed by atoms with Crippen LogP contribution in [0.25, 0.3) is 0 Å². The number of rotatable bonds is 19. The van der Waals surface area contributed by atoms with Crippen molar-refractivity contribution < 1.29 is 29.3 Å². The number of phenolic OH excluding ortho intramolecular Hbond substituents is 2. The van der Waals surface area contributed by atoms with Gasteiger partial charge in [-0.15, -0.1) is 0 Å². The number of phenols is 2. The second-order valence-electron chi connectivity index (χ2n) is 9.30. The summed E-state index contributed by atoms with van der Waals surface area (Å²) in [7, 11) is 0. The summed E-state index contributed by atoms with van der Waals surface area (Å²) in [5.41, 5.74) is -0.0434. The summed E-state index contributed by atoms with van der Waals surface area (Å²) in [5, 5.41) is 20.1. The van der Waals surface area contributed by atoms with Crippen molar-refractivity contribution in [3.8, 4) is 11.5 Å². The summed E-state index contributed by atoms with van der Waals surface area (Å²) in [6, 6.07) is 1.19. The minimum atomic E-state index is -1.34. The summed E-state index contributed by atoms with van der Waals surface area (Å²) in [4.78, 5) is 35.9. The van der Waals surface area contributed by atoms with Crippen LogP contribution in [0, 0.1) is 6.92 Å². The third-order valence-electron chi connectivity index (χ3n) is 6.26. The molecule has 0 aliphatic heterocycles. The largest absolute Gasteiger partial charge is 0.508 e. The fourth-order valence-electron chi connectivity index (χ4n) is 4.03. The van der Waals surface area contributed by atoms with Crippen molar-refractivity contribution in [3.63, 3.8) is 0 Å². The molecule has 0 bridgehead atoms. The lowest BCUT2D eigenvalue weighted by atomic mass is 9.96. The summed E-state index contributed by atoms with van der Waals surface area (Å²) in [6.07, 6.45) is 18.8. The number of Topliss-reactive ketones (excluding diaryl/α,β-unsaturated/α-hetero) is 1. The van der Waals surface area contributed by atoms with Crippen LogP contribution in [0.2, 0.25) is 0 Å². The SMILES string of the molecule is CCCCCCCC/C=C\CCCCCCCC(=O)OC(C(C)=O)c1cc(O)c(C)c(O)c1C=O. The predicted octanol–water partition coefficient (Wildman–Crippen LogP) is 7.43. The van der Waals surface area contributed by atoms with Crippen molar-refractivity contribution in [2.45, 2.75) is 117 Å². The first-order valence-electron chi connectivity index (χ1n) is 13.2. The van der Waals surface area contributed by atoms with E-state index in [1.54, 1.807) is 0 Å². The van der Waals surface area contributed by atoms with Gasteiger partial charge >= 0.3 is 5.97 Å². The normalized spacial score (nSPS) is 12.1. The van der Waals surface area contributed by atoms with Crippen LogP contribution in [-0.4, -0.2) is 28.3 Å². The van der Waals surface area contributed by atoms with Gasteiger partial charge in [0.05, 0.1) is 5.56 Å². The first kappa shape index (κ1) is 30.4. The Kier molecular flexibility index (Phi) is 15.4. The van der Waals surface area contributed by atoms with E-state index >= 15 is 0 Å². The molecule has 0 heterocycles. The van der Waals surface area contributed by atoms with Crippen molar-refractivity contribution in [2.75, 3.05) is 0 Å². The highest BCUT2D eigenvalue weighted by atomic mass is 16.5. The van der Waals surface area contributed by atoms with Gasteiger partial charge < -0.3 is 14.9 Å². The molecule has 1 aromatic rings. The van der Waals surface area contributed by atoms with E-state index in [9.17, 15) is 24.6 Å². The Morgan fingerprint density at radius 3 is 2.00 bits per heavy atom. The maximum Gasteiger partial charge on any atom is 0.306 e. The fourth-order valence-corrected chi connectivity index (χ4v) is 4.03. The van der Waals surface area contributed by atoms with E-state index in [4.69, 9.17) is 4.74 Å². The van der Waals surface area contributed by atoms with Crippen molar-refractivity contribution in [1.29, 1.82) is 0 Å². The number of benzene rings is 1. The van der Waals surface area contributed by atoms with E-state index < -0.39 is 23.6 Å². The number of hydrogen-bond donors (Lipinski definition) is 2. The maximum atomic E-state index is 12.3. The Labute approximate surface area is 210 Å². The fraction of sp³-hybridized carbons (Fsp3) is 0.621. The van der Waals surface area contributed by atoms with Crippen LogP contribution >= 0.6 is 0 Å². The van der Waals surface area contributed by atoms with E-state index in [0.29, 0.717) is 12.7 Å². The molecule has 0 amide bonds. The number of unbranched alkanes of at least 4 members (excludes halogenated alkanes) is 11. The van der Waals surface area contributed by atoms with Gasteiger partial charge in [0.25, 0.3) is 0 Å². The van der Waals surface area contributed by atoms with Gasteiger partial charge in [0.15, 0.2) is 18.2 Å². The molecule has 0 aliphatic carbocycles. The number of carbonyl (C=O) groups is 3. The zero-order chi connectivity index (χ0) is 26.1. The van der Waals surface area contributed by atoms with Crippen LogP contribution in [0.1, 0.15) is 131 Å². The molecule has 0 saturated carbocycles. The second kappa shape index (κ2) is 17.8. The Hall–Kier alpha value is -2.63. The molecular formula is C29H44O6. The predicted molar refractivity (Wildman–Crippen MR) is 139 cm³/mol. The molecular weight excluding hydrogens is 444 g/mol. The summed E-state index contributed by atoms with van der Waals surface area (Å²) < 4.78 is 5.33. The number of carbonyl (C=O) groups excluding carboxylic acids is 3. The molecule has 35 heavy (non-hydrogen) atoms.